The smallest absolute Gasteiger partial charge is 0.314 e. The topological polar surface area (TPSA) is 38.3 Å². The highest BCUT2D eigenvalue weighted by atomic mass is 16.6. The summed E-state index contributed by atoms with van der Waals surface area (Å²) in [7, 11) is 0. The summed E-state index contributed by atoms with van der Waals surface area (Å²) in [4.78, 5) is 13.1. The second-order valence-corrected chi connectivity index (χ2v) is 8.85. The molecule has 0 spiro atoms. The minimum absolute atomic E-state index is 0.0859. The molecule has 1 aliphatic carbocycles. The fraction of sp³-hybridized carbons (Fsp3) is 0.609. The SMILES string of the molecule is C=CC[C@@]1(C(=O)OC(C)(C)C)CCC[C@@H]1NCc1c(C)cc(C)cc1C. The summed E-state index contributed by atoms with van der Waals surface area (Å²) in [5, 5.41) is 3.69. The molecule has 1 aliphatic rings. The fourth-order valence-electron chi connectivity index (χ4n) is 4.29. The number of ether oxygens (including phenoxy) is 1. The van der Waals surface area contributed by atoms with E-state index in [1.54, 1.807) is 0 Å². The predicted molar refractivity (Wildman–Crippen MR) is 108 cm³/mol. The summed E-state index contributed by atoms with van der Waals surface area (Å²) < 4.78 is 5.80. The Balaban J connectivity index is 2.21. The maximum atomic E-state index is 13.1. The number of hydrogen-bond donors (Lipinski definition) is 1. The van der Waals surface area contributed by atoms with Crippen molar-refractivity contribution in [3.05, 3.63) is 47.0 Å². The summed E-state index contributed by atoms with van der Waals surface area (Å²) in [5.41, 5.74) is 4.27. The van der Waals surface area contributed by atoms with Crippen LogP contribution in [0.4, 0.5) is 0 Å². The van der Waals surface area contributed by atoms with Crippen LogP contribution in [0.5, 0.6) is 0 Å². The predicted octanol–water partition coefficient (Wildman–Crippen LogP) is 5.16. The Labute approximate surface area is 159 Å². The monoisotopic (exact) mass is 357 g/mol. The van der Waals surface area contributed by atoms with Crippen molar-refractivity contribution in [1.82, 2.24) is 5.32 Å². The molecule has 0 aromatic heterocycles. The van der Waals surface area contributed by atoms with E-state index in [2.05, 4.69) is 44.8 Å². The van der Waals surface area contributed by atoms with Gasteiger partial charge in [0.1, 0.15) is 5.60 Å². The molecule has 2 rings (SSSR count). The molecule has 0 radical (unpaired) electrons. The van der Waals surface area contributed by atoms with Gasteiger partial charge in [-0.2, -0.15) is 0 Å². The summed E-state index contributed by atoms with van der Waals surface area (Å²) >= 11 is 0. The van der Waals surface area contributed by atoms with Crippen LogP contribution in [0.2, 0.25) is 0 Å². The average molecular weight is 358 g/mol. The number of esters is 1. The lowest BCUT2D eigenvalue weighted by Gasteiger charge is -2.36. The molecule has 26 heavy (non-hydrogen) atoms. The van der Waals surface area contributed by atoms with E-state index in [0.29, 0.717) is 6.42 Å². The molecule has 0 aliphatic heterocycles. The first kappa shape index (κ1) is 20.7. The highest BCUT2D eigenvalue weighted by molar-refractivity contribution is 5.79. The molecular formula is C23H35NO2. The van der Waals surface area contributed by atoms with Gasteiger partial charge < -0.3 is 10.1 Å². The Morgan fingerprint density at radius 2 is 1.92 bits per heavy atom. The summed E-state index contributed by atoms with van der Waals surface area (Å²) in [6.07, 6.45) is 5.42. The fourth-order valence-corrected chi connectivity index (χ4v) is 4.29. The second-order valence-electron chi connectivity index (χ2n) is 8.85. The Kier molecular flexibility index (Phi) is 6.33. The lowest BCUT2D eigenvalue weighted by Crippen LogP contribution is -2.48. The van der Waals surface area contributed by atoms with Crippen LogP contribution in [-0.2, 0) is 16.1 Å². The zero-order valence-electron chi connectivity index (χ0n) is 17.4. The van der Waals surface area contributed by atoms with Crippen molar-refractivity contribution in [2.75, 3.05) is 0 Å². The van der Waals surface area contributed by atoms with Gasteiger partial charge in [0.05, 0.1) is 5.41 Å². The van der Waals surface area contributed by atoms with E-state index < -0.39 is 11.0 Å². The molecular weight excluding hydrogens is 322 g/mol. The van der Waals surface area contributed by atoms with Crippen molar-refractivity contribution in [1.29, 1.82) is 0 Å². The molecule has 1 saturated carbocycles. The van der Waals surface area contributed by atoms with Gasteiger partial charge in [-0.1, -0.05) is 30.2 Å². The third-order valence-electron chi connectivity index (χ3n) is 5.46. The molecule has 2 atom stereocenters. The number of allylic oxidation sites excluding steroid dienone is 1. The maximum Gasteiger partial charge on any atom is 0.314 e. The lowest BCUT2D eigenvalue weighted by molar-refractivity contribution is -0.168. The van der Waals surface area contributed by atoms with Crippen LogP contribution in [0, 0.1) is 26.2 Å². The van der Waals surface area contributed by atoms with Crippen LogP contribution in [0.1, 0.15) is 68.7 Å². The van der Waals surface area contributed by atoms with E-state index in [0.717, 1.165) is 25.8 Å². The van der Waals surface area contributed by atoms with Crippen molar-refractivity contribution in [3.63, 3.8) is 0 Å². The number of rotatable bonds is 6. The number of aryl methyl sites for hydroxylation is 3. The minimum atomic E-state index is -0.498. The Hall–Kier alpha value is -1.61. The first-order chi connectivity index (χ1) is 12.1. The molecule has 144 valence electrons. The van der Waals surface area contributed by atoms with Gasteiger partial charge in [0, 0.05) is 12.6 Å². The molecule has 3 heteroatoms. The third-order valence-corrected chi connectivity index (χ3v) is 5.46. The molecule has 1 N–H and O–H groups in total. The second kappa shape index (κ2) is 7.96. The van der Waals surface area contributed by atoms with Crippen LogP contribution in [0.25, 0.3) is 0 Å². The van der Waals surface area contributed by atoms with Gasteiger partial charge >= 0.3 is 5.97 Å². The van der Waals surface area contributed by atoms with Gasteiger partial charge in [-0.3, -0.25) is 4.79 Å². The van der Waals surface area contributed by atoms with Crippen LogP contribution >= 0.6 is 0 Å². The number of hydrogen-bond acceptors (Lipinski definition) is 3. The first-order valence-electron chi connectivity index (χ1n) is 9.73. The van der Waals surface area contributed by atoms with E-state index in [9.17, 15) is 4.79 Å². The zero-order valence-corrected chi connectivity index (χ0v) is 17.4. The zero-order chi connectivity index (χ0) is 19.5. The van der Waals surface area contributed by atoms with Gasteiger partial charge in [-0.25, -0.2) is 0 Å². The van der Waals surface area contributed by atoms with Crippen LogP contribution in [-0.4, -0.2) is 17.6 Å². The lowest BCUT2D eigenvalue weighted by atomic mass is 9.78. The molecule has 0 bridgehead atoms. The van der Waals surface area contributed by atoms with Crippen molar-refractivity contribution >= 4 is 5.97 Å². The molecule has 1 aromatic rings. The molecule has 1 aromatic carbocycles. The largest absolute Gasteiger partial charge is 0.459 e. The molecule has 0 unspecified atom stereocenters. The van der Waals surface area contributed by atoms with Gasteiger partial charge in [0.25, 0.3) is 0 Å². The maximum absolute atomic E-state index is 13.1. The highest BCUT2D eigenvalue weighted by Gasteiger charge is 2.50. The average Bonchev–Trinajstić information content (AvgIpc) is 2.89. The van der Waals surface area contributed by atoms with Crippen LogP contribution < -0.4 is 5.32 Å². The van der Waals surface area contributed by atoms with E-state index in [1.165, 1.54) is 22.3 Å². The standard InChI is InChI=1S/C23H35NO2/c1-8-11-23(21(25)26-22(5,6)7)12-9-10-20(23)24-15-19-17(3)13-16(2)14-18(19)4/h8,13-14,20,24H,1,9-12,15H2,2-7H3/t20-,23+/m0/s1. The van der Waals surface area contributed by atoms with Gasteiger partial charge in [-0.15, -0.1) is 6.58 Å². The van der Waals surface area contributed by atoms with Crippen LogP contribution in [0.3, 0.4) is 0 Å². The third kappa shape index (κ3) is 4.56. The highest BCUT2D eigenvalue weighted by Crippen LogP contribution is 2.44. The van der Waals surface area contributed by atoms with E-state index >= 15 is 0 Å². The number of nitrogens with one attached hydrogen (secondary N) is 1. The van der Waals surface area contributed by atoms with Crippen molar-refractivity contribution in [2.24, 2.45) is 5.41 Å². The molecule has 0 saturated heterocycles. The van der Waals surface area contributed by atoms with Gasteiger partial charge in [0.15, 0.2) is 0 Å². The number of carbonyl (C=O) groups excluding carboxylic acids is 1. The van der Waals surface area contributed by atoms with E-state index in [1.807, 2.05) is 26.8 Å². The van der Waals surface area contributed by atoms with Gasteiger partial charge in [0.2, 0.25) is 0 Å². The van der Waals surface area contributed by atoms with E-state index in [4.69, 9.17) is 4.74 Å². The van der Waals surface area contributed by atoms with Crippen molar-refractivity contribution in [2.45, 2.75) is 85.4 Å². The molecule has 0 heterocycles. The minimum Gasteiger partial charge on any atom is -0.459 e. The molecule has 0 amide bonds. The van der Waals surface area contributed by atoms with Crippen molar-refractivity contribution in [3.8, 4) is 0 Å². The summed E-state index contributed by atoms with van der Waals surface area (Å²) in [5.74, 6) is -0.0859. The quantitative estimate of drug-likeness (QED) is 0.564. The van der Waals surface area contributed by atoms with Crippen LogP contribution in [0.15, 0.2) is 24.8 Å². The van der Waals surface area contributed by atoms with Gasteiger partial charge in [-0.05, 0) is 77.5 Å². The Bertz CT molecular complexity index is 648. The number of carbonyl (C=O) groups is 1. The molecule has 3 nitrogen and oxygen atoms in total. The Morgan fingerprint density at radius 1 is 1.31 bits per heavy atom. The normalized spacial score (nSPS) is 23.1. The summed E-state index contributed by atoms with van der Waals surface area (Å²) in [6.45, 7) is 16.9. The first-order valence-corrected chi connectivity index (χ1v) is 9.73. The Morgan fingerprint density at radius 3 is 2.46 bits per heavy atom. The summed E-state index contributed by atoms with van der Waals surface area (Å²) in [6, 6.07) is 4.57. The number of benzene rings is 1. The van der Waals surface area contributed by atoms with Crippen molar-refractivity contribution < 1.29 is 9.53 Å². The molecule has 1 fully saturated rings. The van der Waals surface area contributed by atoms with E-state index in [-0.39, 0.29) is 12.0 Å².